The number of benzene rings is 2. The Morgan fingerprint density at radius 1 is 1.06 bits per heavy atom. The molecule has 4 heterocycles. The lowest BCUT2D eigenvalue weighted by Gasteiger charge is -2.21. The van der Waals surface area contributed by atoms with Gasteiger partial charge in [0.1, 0.15) is 17.7 Å². The van der Waals surface area contributed by atoms with Gasteiger partial charge in [-0.3, -0.25) is 14.0 Å². The number of carbonyl (C=O) groups excluding carboxylic acids is 2. The second-order valence-corrected chi connectivity index (χ2v) is 12.8. The number of halogens is 1. The van der Waals surface area contributed by atoms with Crippen molar-refractivity contribution in [1.29, 1.82) is 5.26 Å². The summed E-state index contributed by atoms with van der Waals surface area (Å²) in [6.45, 7) is 1.81. The number of nitrogens with zero attached hydrogens (tertiary/aromatic N) is 7. The zero-order valence-corrected chi connectivity index (χ0v) is 28.1. The van der Waals surface area contributed by atoms with Gasteiger partial charge in [-0.15, -0.1) is 0 Å². The molecule has 0 bridgehead atoms. The van der Waals surface area contributed by atoms with E-state index in [2.05, 4.69) is 21.1 Å². The summed E-state index contributed by atoms with van der Waals surface area (Å²) in [7, 11) is 2.91. The smallest absolute Gasteiger partial charge is 0.333 e. The Labute approximate surface area is 287 Å². The van der Waals surface area contributed by atoms with E-state index < -0.39 is 12.0 Å². The van der Waals surface area contributed by atoms with Gasteiger partial charge in [0.2, 0.25) is 0 Å². The lowest BCUT2D eigenvalue weighted by atomic mass is 9.96. The van der Waals surface area contributed by atoms with Crippen molar-refractivity contribution in [2.24, 2.45) is 5.92 Å². The maximum Gasteiger partial charge on any atom is 0.333 e. The van der Waals surface area contributed by atoms with Gasteiger partial charge in [0.05, 0.1) is 50.2 Å². The van der Waals surface area contributed by atoms with Gasteiger partial charge < -0.3 is 14.0 Å². The van der Waals surface area contributed by atoms with Gasteiger partial charge in [-0.25, -0.2) is 14.8 Å². The van der Waals surface area contributed by atoms with Gasteiger partial charge in [-0.1, -0.05) is 24.4 Å². The number of rotatable bonds is 9. The summed E-state index contributed by atoms with van der Waals surface area (Å²) >= 11 is 6.12. The summed E-state index contributed by atoms with van der Waals surface area (Å²) in [5.74, 6) is 0.172. The molecule has 49 heavy (non-hydrogen) atoms. The molecule has 7 rings (SSSR count). The fourth-order valence-electron chi connectivity index (χ4n) is 7.32. The third-order valence-electron chi connectivity index (χ3n) is 9.70. The summed E-state index contributed by atoms with van der Waals surface area (Å²) < 4.78 is 16.2. The molecule has 4 aromatic heterocycles. The highest BCUT2D eigenvalue weighted by atomic mass is 35.5. The van der Waals surface area contributed by atoms with E-state index >= 15 is 0 Å². The third-order valence-corrected chi connectivity index (χ3v) is 9.95. The molecule has 0 radical (unpaired) electrons. The summed E-state index contributed by atoms with van der Waals surface area (Å²) in [6.07, 6.45) is 11.9. The van der Waals surface area contributed by atoms with E-state index in [1.54, 1.807) is 59.0 Å². The van der Waals surface area contributed by atoms with Crippen molar-refractivity contribution in [2.45, 2.75) is 51.1 Å². The highest BCUT2D eigenvalue weighted by Gasteiger charge is 2.34. The van der Waals surface area contributed by atoms with Crippen molar-refractivity contribution in [3.63, 3.8) is 0 Å². The largest absolute Gasteiger partial charge is 0.497 e. The quantitative estimate of drug-likeness (QED) is 0.146. The zero-order chi connectivity index (χ0) is 34.2. The summed E-state index contributed by atoms with van der Waals surface area (Å²) in [5, 5.41) is 16.1. The normalized spacial score (nSPS) is 14.6. The molecule has 1 aliphatic rings. The minimum atomic E-state index is -1.01. The topological polar surface area (TPSA) is 130 Å². The lowest BCUT2D eigenvalue weighted by molar-refractivity contribution is -0.143. The van der Waals surface area contributed by atoms with E-state index in [0.29, 0.717) is 67.6 Å². The SMILES string of the molecule is COC(=O)[C@@H](c1c(C)n(C(=O)c2ccc(Cl)cc2)c2ccc(OC)cc12)n1ccc2c(-c3cnn([C@H](CC#N)C4CCCC4)c3)ncnc21. The van der Waals surface area contributed by atoms with Crippen LogP contribution < -0.4 is 4.74 Å². The maximum absolute atomic E-state index is 14.0. The minimum Gasteiger partial charge on any atom is -0.497 e. The Kier molecular flexibility index (Phi) is 8.65. The molecular weight excluding hydrogens is 642 g/mol. The standard InChI is InChI=1S/C37H34ClN7O4/c1-22-32(29-18-27(48-2)12-13-31(29)45(22)36(46)24-8-10-26(38)11-9-24)34(37(47)49-3)43-17-15-28-33(40-21-41-35(28)43)25-19-42-44(20-25)30(14-16-39)23-6-4-5-7-23/h8-13,15,17-21,23,30,34H,4-7,14H2,1-3H3/t30-,34-/m1/s1. The highest BCUT2D eigenvalue weighted by Crippen LogP contribution is 2.40. The molecule has 6 aromatic rings. The van der Waals surface area contributed by atoms with E-state index in [9.17, 15) is 14.9 Å². The number of carbonyl (C=O) groups is 2. The Bertz CT molecular complexity index is 2240. The molecule has 0 spiro atoms. The van der Waals surface area contributed by atoms with Crippen LogP contribution in [0.2, 0.25) is 5.02 Å². The minimum absolute atomic E-state index is 0.000233. The zero-order valence-electron chi connectivity index (χ0n) is 27.3. The van der Waals surface area contributed by atoms with Crippen LogP contribution in [-0.2, 0) is 9.53 Å². The van der Waals surface area contributed by atoms with E-state index in [0.717, 1.165) is 18.4 Å². The van der Waals surface area contributed by atoms with Crippen LogP contribution in [0, 0.1) is 24.2 Å². The van der Waals surface area contributed by atoms with Crippen LogP contribution >= 0.6 is 11.6 Å². The highest BCUT2D eigenvalue weighted by molar-refractivity contribution is 6.30. The number of fused-ring (bicyclic) bond motifs is 2. The Morgan fingerprint density at radius 3 is 2.55 bits per heavy atom. The van der Waals surface area contributed by atoms with Crippen molar-refractivity contribution in [1.82, 2.24) is 28.9 Å². The van der Waals surface area contributed by atoms with Crippen LogP contribution in [0.15, 0.2) is 73.4 Å². The molecule has 0 N–H and O–H groups in total. The van der Waals surface area contributed by atoms with Crippen LogP contribution in [0.3, 0.4) is 0 Å². The van der Waals surface area contributed by atoms with Gasteiger partial charge in [-0.05, 0) is 74.2 Å². The lowest BCUT2D eigenvalue weighted by Crippen LogP contribution is -2.23. The van der Waals surface area contributed by atoms with E-state index in [1.807, 2.05) is 36.0 Å². The van der Waals surface area contributed by atoms with Crippen molar-refractivity contribution < 1.29 is 19.1 Å². The molecule has 2 atom stereocenters. The van der Waals surface area contributed by atoms with Gasteiger partial charge in [0.25, 0.3) is 5.91 Å². The Hall–Kier alpha value is -5.47. The molecule has 12 heteroatoms. The average Bonchev–Trinajstić information content (AvgIpc) is 3.94. The Morgan fingerprint density at radius 2 is 1.84 bits per heavy atom. The summed E-state index contributed by atoms with van der Waals surface area (Å²) in [5.41, 5.74) is 4.12. The van der Waals surface area contributed by atoms with E-state index in [1.165, 1.54) is 26.3 Å². The first-order valence-corrected chi connectivity index (χ1v) is 16.5. The molecule has 0 saturated heterocycles. The summed E-state index contributed by atoms with van der Waals surface area (Å²) in [4.78, 5) is 37.1. The van der Waals surface area contributed by atoms with Crippen LogP contribution in [0.4, 0.5) is 0 Å². The molecule has 0 aliphatic heterocycles. The van der Waals surface area contributed by atoms with Crippen molar-refractivity contribution in [3.05, 3.63) is 95.3 Å². The van der Waals surface area contributed by atoms with E-state index in [4.69, 9.17) is 21.1 Å². The monoisotopic (exact) mass is 675 g/mol. The second-order valence-electron chi connectivity index (χ2n) is 12.3. The molecular formula is C37H34ClN7O4. The van der Waals surface area contributed by atoms with Crippen molar-refractivity contribution >= 4 is 45.4 Å². The van der Waals surface area contributed by atoms with Crippen LogP contribution in [0.25, 0.3) is 33.2 Å². The number of nitriles is 1. The van der Waals surface area contributed by atoms with Crippen LogP contribution in [0.5, 0.6) is 5.75 Å². The molecule has 0 amide bonds. The molecule has 2 aromatic carbocycles. The number of aromatic nitrogens is 6. The first-order valence-electron chi connectivity index (χ1n) is 16.1. The van der Waals surface area contributed by atoms with Gasteiger partial charge in [0, 0.05) is 50.6 Å². The first kappa shape index (κ1) is 32.1. The van der Waals surface area contributed by atoms with Gasteiger partial charge >= 0.3 is 5.97 Å². The molecule has 11 nitrogen and oxygen atoms in total. The molecule has 1 aliphatic carbocycles. The first-order chi connectivity index (χ1) is 23.8. The van der Waals surface area contributed by atoms with Crippen molar-refractivity contribution in [3.8, 4) is 23.1 Å². The number of hydrogen-bond donors (Lipinski definition) is 0. The second kappa shape index (κ2) is 13.2. The van der Waals surface area contributed by atoms with Gasteiger partial charge in [-0.2, -0.15) is 10.4 Å². The molecule has 0 unspecified atom stereocenters. The fraction of sp³-hybridized carbons (Fsp3) is 0.297. The predicted molar refractivity (Wildman–Crippen MR) is 185 cm³/mol. The predicted octanol–water partition coefficient (Wildman–Crippen LogP) is 7.32. The summed E-state index contributed by atoms with van der Waals surface area (Å²) in [6, 6.07) is 15.3. The number of hydrogen-bond acceptors (Lipinski definition) is 8. The molecule has 1 fully saturated rings. The fourth-order valence-corrected chi connectivity index (χ4v) is 7.45. The Balaban J connectivity index is 1.37. The number of esters is 1. The van der Waals surface area contributed by atoms with E-state index in [-0.39, 0.29) is 11.9 Å². The number of methoxy groups -OCH3 is 2. The maximum atomic E-state index is 14.0. The third kappa shape index (κ3) is 5.62. The van der Waals surface area contributed by atoms with Crippen molar-refractivity contribution in [2.75, 3.05) is 14.2 Å². The van der Waals surface area contributed by atoms with Crippen LogP contribution in [-0.4, -0.2) is 55.0 Å². The average molecular weight is 676 g/mol. The number of ether oxygens (including phenoxy) is 2. The molecule has 248 valence electrons. The molecule has 1 saturated carbocycles. The van der Waals surface area contributed by atoms with Crippen LogP contribution in [0.1, 0.15) is 65.8 Å². The van der Waals surface area contributed by atoms with Gasteiger partial charge in [0.15, 0.2) is 6.04 Å².